The zero-order chi connectivity index (χ0) is 46.3. The second kappa shape index (κ2) is 15.8. The Bertz CT molecular complexity index is 3650. The van der Waals surface area contributed by atoms with Gasteiger partial charge in [-0.15, -0.1) is 0 Å². The maximum absolute atomic E-state index is 5.28. The Labute approximate surface area is 397 Å². The summed E-state index contributed by atoms with van der Waals surface area (Å²) < 4.78 is 4.88. The van der Waals surface area contributed by atoms with E-state index in [9.17, 15) is 0 Å². The van der Waals surface area contributed by atoms with E-state index >= 15 is 0 Å². The van der Waals surface area contributed by atoms with Gasteiger partial charge in [-0.1, -0.05) is 187 Å². The first-order valence-corrected chi connectivity index (χ1v) is 23.7. The Hall–Kier alpha value is -8.08. The molecule has 0 N–H and O–H groups in total. The second-order valence-electron chi connectivity index (χ2n) is 20.3. The van der Waals surface area contributed by atoms with E-state index in [-0.39, 0.29) is 10.8 Å². The van der Waals surface area contributed by atoms with E-state index in [0.717, 1.165) is 44.7 Å². The lowest BCUT2D eigenvalue weighted by Crippen LogP contribution is -2.15. The summed E-state index contributed by atoms with van der Waals surface area (Å²) in [6.45, 7) is 13.8. The van der Waals surface area contributed by atoms with E-state index in [2.05, 4.69) is 233 Å². The Balaban J connectivity index is 0.908. The van der Waals surface area contributed by atoms with Crippen molar-refractivity contribution in [3.8, 4) is 56.1 Å². The van der Waals surface area contributed by atoms with Crippen LogP contribution >= 0.6 is 0 Å². The first kappa shape index (κ1) is 41.4. The van der Waals surface area contributed by atoms with Crippen LogP contribution in [-0.4, -0.2) is 19.1 Å². The summed E-state index contributed by atoms with van der Waals surface area (Å²) in [4.78, 5) is 10.6. The van der Waals surface area contributed by atoms with Gasteiger partial charge < -0.3 is 9.13 Å². The maximum atomic E-state index is 5.28. The van der Waals surface area contributed by atoms with Crippen molar-refractivity contribution >= 4 is 54.6 Å². The normalized spacial score (nSPS) is 12.3. The zero-order valence-corrected chi connectivity index (χ0v) is 39.4. The third kappa shape index (κ3) is 6.90. The van der Waals surface area contributed by atoms with Crippen molar-refractivity contribution in [3.63, 3.8) is 0 Å². The van der Waals surface area contributed by atoms with Crippen LogP contribution in [-0.2, 0) is 10.8 Å². The molecule has 68 heavy (non-hydrogen) atoms. The fourth-order valence-electron chi connectivity index (χ4n) is 10.5. The highest BCUT2D eigenvalue weighted by atomic mass is 15.0. The number of rotatable bonds is 6. The highest BCUT2D eigenvalue weighted by Crippen LogP contribution is 2.41. The fourth-order valence-corrected chi connectivity index (χ4v) is 10.5. The van der Waals surface area contributed by atoms with E-state index in [1.165, 1.54) is 77.2 Å². The Morgan fingerprint density at radius 3 is 1.03 bits per heavy atom. The van der Waals surface area contributed by atoms with Crippen LogP contribution in [0.1, 0.15) is 52.7 Å². The standard InChI is InChI=1S/C64H52N4/c1-63(2,3)51-19-9-15-25-59(51)67-55-23-13-7-17-47(55)49-39-45(35-37-57(49)67)41-27-31-43(32-28-41)61-62(66-54-22-12-11-21-53(54)65-61)44-33-29-42(30-34-44)46-36-38-58-50(40-46)48-18-8-14-24-56(48)68(58)60-26-16-10-20-52(60)64(4,5)6/h7-40H,1-6H3. The molecule has 0 aliphatic carbocycles. The third-order valence-electron chi connectivity index (χ3n) is 13.8. The average molecular weight is 877 g/mol. The van der Waals surface area contributed by atoms with Crippen molar-refractivity contribution in [3.05, 3.63) is 217 Å². The Kier molecular flexibility index (Phi) is 9.60. The molecule has 12 aromatic rings. The summed E-state index contributed by atoms with van der Waals surface area (Å²) in [5.41, 5.74) is 20.1. The van der Waals surface area contributed by atoms with Gasteiger partial charge in [0.15, 0.2) is 0 Å². The predicted molar refractivity (Wildman–Crippen MR) is 287 cm³/mol. The molecular weight excluding hydrogens is 825 g/mol. The lowest BCUT2D eigenvalue weighted by molar-refractivity contribution is 0.587. The van der Waals surface area contributed by atoms with E-state index in [4.69, 9.17) is 9.97 Å². The van der Waals surface area contributed by atoms with Crippen molar-refractivity contribution in [1.82, 2.24) is 19.1 Å². The van der Waals surface area contributed by atoms with E-state index in [1.807, 2.05) is 24.3 Å². The van der Waals surface area contributed by atoms with E-state index in [0.29, 0.717) is 0 Å². The largest absolute Gasteiger partial charge is 0.309 e. The zero-order valence-electron chi connectivity index (χ0n) is 39.4. The Morgan fingerprint density at radius 2 is 0.618 bits per heavy atom. The van der Waals surface area contributed by atoms with Crippen LogP contribution in [0.15, 0.2) is 206 Å². The molecule has 3 aromatic heterocycles. The van der Waals surface area contributed by atoms with Gasteiger partial charge in [0.2, 0.25) is 0 Å². The highest BCUT2D eigenvalue weighted by molar-refractivity contribution is 6.12. The molecular formula is C64H52N4. The first-order valence-electron chi connectivity index (χ1n) is 23.7. The lowest BCUT2D eigenvalue weighted by atomic mass is 9.85. The fraction of sp³-hybridized carbons (Fsp3) is 0.125. The highest BCUT2D eigenvalue weighted by Gasteiger charge is 2.24. The quantitative estimate of drug-likeness (QED) is 0.167. The van der Waals surface area contributed by atoms with E-state index < -0.39 is 0 Å². The van der Waals surface area contributed by atoms with Crippen LogP contribution < -0.4 is 0 Å². The summed E-state index contributed by atoms with van der Waals surface area (Å²) in [5.74, 6) is 0. The third-order valence-corrected chi connectivity index (χ3v) is 13.8. The summed E-state index contributed by atoms with van der Waals surface area (Å²) in [6, 6.07) is 74.9. The second-order valence-corrected chi connectivity index (χ2v) is 20.3. The van der Waals surface area contributed by atoms with Gasteiger partial charge in [0.25, 0.3) is 0 Å². The predicted octanol–water partition coefficient (Wildman–Crippen LogP) is 17.1. The van der Waals surface area contributed by atoms with Gasteiger partial charge in [0.05, 0.1) is 44.5 Å². The van der Waals surface area contributed by atoms with Gasteiger partial charge in [-0.05, 0) is 105 Å². The molecule has 0 spiro atoms. The smallest absolute Gasteiger partial charge is 0.0973 e. The molecule has 0 atom stereocenters. The molecule has 0 bridgehead atoms. The minimum atomic E-state index is -0.00498. The number of fused-ring (bicyclic) bond motifs is 7. The number of para-hydroxylation sites is 6. The van der Waals surface area contributed by atoms with Crippen molar-refractivity contribution in [2.75, 3.05) is 0 Å². The van der Waals surface area contributed by atoms with Crippen LogP contribution in [0.4, 0.5) is 0 Å². The monoisotopic (exact) mass is 876 g/mol. The molecule has 0 fully saturated rings. The number of hydrogen-bond acceptors (Lipinski definition) is 2. The van der Waals surface area contributed by atoms with Crippen LogP contribution in [0.2, 0.25) is 0 Å². The molecule has 0 saturated carbocycles. The van der Waals surface area contributed by atoms with Crippen LogP contribution in [0, 0.1) is 0 Å². The van der Waals surface area contributed by atoms with Crippen molar-refractivity contribution in [2.24, 2.45) is 0 Å². The molecule has 12 rings (SSSR count). The van der Waals surface area contributed by atoms with Crippen LogP contribution in [0.5, 0.6) is 0 Å². The number of hydrogen-bond donors (Lipinski definition) is 0. The molecule has 3 heterocycles. The topological polar surface area (TPSA) is 35.6 Å². The number of aromatic nitrogens is 4. The number of nitrogens with zero attached hydrogens (tertiary/aromatic N) is 4. The van der Waals surface area contributed by atoms with Gasteiger partial charge in [-0.25, -0.2) is 9.97 Å². The van der Waals surface area contributed by atoms with Crippen molar-refractivity contribution < 1.29 is 0 Å². The molecule has 0 unspecified atom stereocenters. The van der Waals surface area contributed by atoms with Gasteiger partial charge >= 0.3 is 0 Å². The molecule has 4 heteroatoms. The van der Waals surface area contributed by atoms with Gasteiger partial charge in [-0.2, -0.15) is 0 Å². The average Bonchev–Trinajstić information content (AvgIpc) is 3.87. The summed E-state index contributed by atoms with van der Waals surface area (Å²) in [7, 11) is 0. The molecule has 0 saturated heterocycles. The van der Waals surface area contributed by atoms with Crippen LogP contribution in [0.25, 0.3) is 111 Å². The van der Waals surface area contributed by atoms with Gasteiger partial charge in [-0.3, -0.25) is 0 Å². The summed E-state index contributed by atoms with van der Waals surface area (Å²) >= 11 is 0. The first-order chi connectivity index (χ1) is 33.0. The summed E-state index contributed by atoms with van der Waals surface area (Å²) in [5, 5.41) is 4.98. The number of benzene rings is 9. The minimum Gasteiger partial charge on any atom is -0.309 e. The van der Waals surface area contributed by atoms with E-state index in [1.54, 1.807) is 0 Å². The SMILES string of the molecule is CC(C)(C)c1ccccc1-n1c2ccccc2c2cc(-c3ccc(-c4nc5ccccc5nc4-c4ccc(-c5ccc6c(c5)c5ccccc5n6-c5ccccc5C(C)(C)C)cc4)cc3)ccc21. The molecule has 328 valence electrons. The van der Waals surface area contributed by atoms with Crippen LogP contribution in [0.3, 0.4) is 0 Å². The molecule has 0 aliphatic heterocycles. The summed E-state index contributed by atoms with van der Waals surface area (Å²) in [6.07, 6.45) is 0. The minimum absolute atomic E-state index is 0.00498. The van der Waals surface area contributed by atoms with Crippen molar-refractivity contribution in [2.45, 2.75) is 52.4 Å². The maximum Gasteiger partial charge on any atom is 0.0973 e. The molecule has 0 amide bonds. The van der Waals surface area contributed by atoms with Gasteiger partial charge in [0.1, 0.15) is 0 Å². The Morgan fingerprint density at radius 1 is 0.294 bits per heavy atom. The van der Waals surface area contributed by atoms with Gasteiger partial charge in [0, 0.05) is 44.0 Å². The molecule has 9 aromatic carbocycles. The molecule has 0 aliphatic rings. The lowest BCUT2D eigenvalue weighted by Gasteiger charge is -2.24. The molecule has 0 radical (unpaired) electrons. The van der Waals surface area contributed by atoms with Crippen molar-refractivity contribution in [1.29, 1.82) is 0 Å². The molecule has 4 nitrogen and oxygen atoms in total.